The summed E-state index contributed by atoms with van der Waals surface area (Å²) in [6, 6.07) is 17.6. The number of nitro groups is 1. The third-order valence-electron chi connectivity index (χ3n) is 7.74. The summed E-state index contributed by atoms with van der Waals surface area (Å²) in [6.07, 6.45) is 0. The Morgan fingerprint density at radius 3 is 2.38 bits per heavy atom. The van der Waals surface area contributed by atoms with Crippen molar-refractivity contribution in [3.05, 3.63) is 103 Å². The van der Waals surface area contributed by atoms with Crippen LogP contribution in [0.1, 0.15) is 21.9 Å². The van der Waals surface area contributed by atoms with Crippen LogP contribution in [-0.4, -0.2) is 46.7 Å². The third-order valence-corrected chi connectivity index (χ3v) is 10.3. The molecule has 3 aromatic carbocycles. The third kappa shape index (κ3) is 5.36. The van der Waals surface area contributed by atoms with Gasteiger partial charge in [-0.1, -0.05) is 41.3 Å². The second kappa shape index (κ2) is 11.9. The Bertz CT molecular complexity index is 1920. The van der Waals surface area contributed by atoms with Gasteiger partial charge in [0.1, 0.15) is 11.8 Å². The topological polar surface area (TPSA) is 150 Å². The number of nitro benzene ring substituents is 1. The monoisotopic (exact) mass is 646 g/mol. The Labute approximate surface area is 264 Å². The van der Waals surface area contributed by atoms with E-state index >= 15 is 0 Å². The zero-order valence-electron chi connectivity index (χ0n) is 24.2. The largest absolute Gasteiger partial charge is 0.493 e. The van der Waals surface area contributed by atoms with Crippen LogP contribution in [0.5, 0.6) is 11.5 Å². The molecule has 0 aliphatic carbocycles. The number of nitrogens with zero attached hydrogens (tertiary/aromatic N) is 3. The number of nitrogens with one attached hydrogen (secondary N) is 1. The molecule has 1 N–H and O–H groups in total. The molecule has 2 aliphatic heterocycles. The van der Waals surface area contributed by atoms with Crippen molar-refractivity contribution in [2.45, 2.75) is 29.7 Å². The Hall–Kier alpha value is -4.95. The van der Waals surface area contributed by atoms with E-state index in [-0.39, 0.29) is 17.9 Å². The summed E-state index contributed by atoms with van der Waals surface area (Å²) in [4.78, 5) is 66.4. The number of rotatable bonds is 8. The van der Waals surface area contributed by atoms with E-state index in [0.29, 0.717) is 32.7 Å². The van der Waals surface area contributed by atoms with E-state index in [2.05, 4.69) is 5.32 Å². The Balaban J connectivity index is 1.43. The molecule has 14 heteroatoms. The molecule has 3 amide bonds. The number of hydrogen-bond donors (Lipinski definition) is 1. The van der Waals surface area contributed by atoms with Crippen molar-refractivity contribution in [1.29, 1.82) is 0 Å². The molecule has 4 aromatic rings. The van der Waals surface area contributed by atoms with E-state index in [0.717, 1.165) is 33.6 Å². The Morgan fingerprint density at radius 1 is 0.978 bits per heavy atom. The van der Waals surface area contributed by atoms with Crippen molar-refractivity contribution >= 4 is 57.9 Å². The molecule has 0 radical (unpaired) electrons. The van der Waals surface area contributed by atoms with Gasteiger partial charge in [0.15, 0.2) is 11.5 Å². The number of thiazole rings is 1. The first-order valence-electron chi connectivity index (χ1n) is 13.7. The summed E-state index contributed by atoms with van der Waals surface area (Å²) < 4.78 is 12.3. The van der Waals surface area contributed by atoms with Crippen molar-refractivity contribution in [3.8, 4) is 11.5 Å². The maximum absolute atomic E-state index is 14.1. The molecule has 45 heavy (non-hydrogen) atoms. The van der Waals surface area contributed by atoms with Gasteiger partial charge in [0.05, 0.1) is 35.8 Å². The Kier molecular flexibility index (Phi) is 7.93. The molecule has 3 atom stereocenters. The highest BCUT2D eigenvalue weighted by molar-refractivity contribution is 8.00. The number of carbonyl (C=O) groups is 3. The molecule has 3 heterocycles. The van der Waals surface area contributed by atoms with Gasteiger partial charge in [-0.3, -0.25) is 33.9 Å². The highest BCUT2D eigenvalue weighted by atomic mass is 32.2. The summed E-state index contributed by atoms with van der Waals surface area (Å²) in [5, 5.41) is 13.5. The predicted molar refractivity (Wildman–Crippen MR) is 169 cm³/mol. The van der Waals surface area contributed by atoms with E-state index in [1.807, 2.05) is 25.1 Å². The molecule has 12 nitrogen and oxygen atoms in total. The molecule has 6 rings (SSSR count). The summed E-state index contributed by atoms with van der Waals surface area (Å²) >= 11 is 2.00. The van der Waals surface area contributed by atoms with Crippen LogP contribution < -0.4 is 24.6 Å². The first-order chi connectivity index (χ1) is 21.6. The summed E-state index contributed by atoms with van der Waals surface area (Å²) in [5.74, 6) is -2.21. The number of benzene rings is 3. The lowest BCUT2D eigenvalue weighted by molar-refractivity contribution is -0.384. The van der Waals surface area contributed by atoms with Crippen molar-refractivity contribution in [2.24, 2.45) is 5.92 Å². The quantitative estimate of drug-likeness (QED) is 0.165. The number of carbonyl (C=O) groups excluding carboxylic acids is 3. The van der Waals surface area contributed by atoms with E-state index in [9.17, 15) is 29.3 Å². The molecule has 0 saturated carbocycles. The second-order valence-electron chi connectivity index (χ2n) is 10.5. The van der Waals surface area contributed by atoms with E-state index in [1.165, 1.54) is 43.1 Å². The molecule has 2 unspecified atom stereocenters. The fourth-order valence-corrected chi connectivity index (χ4v) is 8.48. The fourth-order valence-electron chi connectivity index (χ4n) is 5.71. The summed E-state index contributed by atoms with van der Waals surface area (Å²) in [7, 11) is 2.98. The number of methoxy groups -OCH3 is 2. The van der Waals surface area contributed by atoms with Gasteiger partial charge < -0.3 is 14.8 Å². The number of thioether (sulfide) groups is 1. The fraction of sp³-hybridized carbons (Fsp3) is 0.226. The molecular weight excluding hydrogens is 620 g/mol. The lowest BCUT2D eigenvalue weighted by Gasteiger charge is -2.31. The van der Waals surface area contributed by atoms with Crippen molar-refractivity contribution in [3.63, 3.8) is 0 Å². The van der Waals surface area contributed by atoms with Crippen LogP contribution >= 0.6 is 23.1 Å². The van der Waals surface area contributed by atoms with Crippen LogP contribution in [0.3, 0.4) is 0 Å². The van der Waals surface area contributed by atoms with E-state index in [1.54, 1.807) is 24.3 Å². The van der Waals surface area contributed by atoms with Crippen molar-refractivity contribution < 1.29 is 28.8 Å². The molecule has 1 fully saturated rings. The highest BCUT2D eigenvalue weighted by Gasteiger charge is 2.57. The van der Waals surface area contributed by atoms with Gasteiger partial charge in [0.2, 0.25) is 17.7 Å². The minimum atomic E-state index is -0.932. The van der Waals surface area contributed by atoms with Gasteiger partial charge in [0.25, 0.3) is 5.69 Å². The molecule has 230 valence electrons. The second-order valence-corrected chi connectivity index (χ2v) is 12.6. The van der Waals surface area contributed by atoms with Gasteiger partial charge >= 0.3 is 4.87 Å². The average Bonchev–Trinajstić information content (AvgIpc) is 3.46. The molecule has 0 spiro atoms. The van der Waals surface area contributed by atoms with Crippen LogP contribution in [-0.2, 0) is 20.9 Å². The number of fused-ring (bicyclic) bond motifs is 2. The molecule has 1 aromatic heterocycles. The van der Waals surface area contributed by atoms with Gasteiger partial charge in [0, 0.05) is 28.6 Å². The minimum Gasteiger partial charge on any atom is -0.493 e. The molecule has 1 saturated heterocycles. The predicted octanol–water partition coefficient (Wildman–Crippen LogP) is 4.58. The normalized spacial score (nSPS) is 18.7. The van der Waals surface area contributed by atoms with Crippen LogP contribution in [0.15, 0.2) is 76.6 Å². The number of ether oxygens (including phenoxy) is 2. The van der Waals surface area contributed by atoms with E-state index < -0.39 is 44.6 Å². The van der Waals surface area contributed by atoms with Crippen molar-refractivity contribution in [1.82, 2.24) is 4.57 Å². The summed E-state index contributed by atoms with van der Waals surface area (Å²) in [5.41, 5.74) is 2.19. The van der Waals surface area contributed by atoms with Crippen LogP contribution in [0.25, 0.3) is 0 Å². The van der Waals surface area contributed by atoms with Crippen LogP contribution in [0, 0.1) is 23.0 Å². The van der Waals surface area contributed by atoms with Crippen LogP contribution in [0.4, 0.5) is 17.1 Å². The smallest absolute Gasteiger partial charge is 0.308 e. The van der Waals surface area contributed by atoms with Crippen LogP contribution in [0.2, 0.25) is 0 Å². The average molecular weight is 647 g/mol. The molecule has 0 bridgehead atoms. The number of anilines is 2. The molecule has 2 aliphatic rings. The van der Waals surface area contributed by atoms with E-state index in [4.69, 9.17) is 9.47 Å². The van der Waals surface area contributed by atoms with Gasteiger partial charge in [-0.05, 0) is 54.4 Å². The van der Waals surface area contributed by atoms with Gasteiger partial charge in [-0.2, -0.15) is 0 Å². The number of amides is 3. The maximum atomic E-state index is 14.1. The Morgan fingerprint density at radius 2 is 1.71 bits per heavy atom. The molecular formula is C31H26N4O8S2. The highest BCUT2D eigenvalue weighted by Crippen LogP contribution is 2.54. The standard InChI is InChI=1S/C31H26N4O8S2/c1-16-5-4-6-18(13-16)32-23(36)15-33-30-27(45-31(33)39)24(17-7-12-21(42-2)22(14-17)43-3)25-26(44-30)29(38)34(28(25)37)19-8-10-20(11-9-19)35(40)41/h4-14,24-26H,15H2,1-3H3,(H,32,36)/t24-,25?,26?/m1/s1. The first-order valence-corrected chi connectivity index (χ1v) is 15.4. The summed E-state index contributed by atoms with van der Waals surface area (Å²) in [6.45, 7) is 1.60. The zero-order valence-corrected chi connectivity index (χ0v) is 25.8. The van der Waals surface area contributed by atoms with Gasteiger partial charge in [-0.15, -0.1) is 0 Å². The number of aryl methyl sites for hydroxylation is 1. The minimum absolute atomic E-state index is 0.178. The zero-order chi connectivity index (χ0) is 32.0. The first kappa shape index (κ1) is 30.1. The number of non-ortho nitro benzene ring substituents is 1. The van der Waals surface area contributed by atoms with Crippen molar-refractivity contribution in [2.75, 3.05) is 24.4 Å². The lowest BCUT2D eigenvalue weighted by Crippen LogP contribution is -2.33. The number of hydrogen-bond acceptors (Lipinski definition) is 10. The lowest BCUT2D eigenvalue weighted by atomic mass is 9.83. The SMILES string of the molecule is COc1ccc([C@H]2c3sc(=O)n(CC(=O)Nc4cccc(C)c4)c3SC3C(=O)N(c4ccc([N+](=O)[O-])cc4)C(=O)C32)cc1OC. The van der Waals surface area contributed by atoms with Gasteiger partial charge in [-0.25, -0.2) is 4.90 Å². The number of aromatic nitrogens is 1. The number of imide groups is 1. The maximum Gasteiger partial charge on any atom is 0.308 e.